The average molecular weight is 256 g/mol. The molecule has 3 heteroatoms. The highest BCUT2D eigenvalue weighted by atomic mass is 79.9. The molecule has 76 valence electrons. The van der Waals surface area contributed by atoms with E-state index in [1.54, 1.807) is 0 Å². The predicted octanol–water partition coefficient (Wildman–Crippen LogP) is 2.50. The highest BCUT2D eigenvalue weighted by molar-refractivity contribution is 9.10. The Balaban J connectivity index is 2.13. The van der Waals surface area contributed by atoms with Crippen molar-refractivity contribution in [3.63, 3.8) is 0 Å². The van der Waals surface area contributed by atoms with Gasteiger partial charge in [0, 0.05) is 17.6 Å². The quantitative estimate of drug-likeness (QED) is 0.877. The number of benzene rings is 1. The van der Waals surface area contributed by atoms with E-state index < -0.39 is 0 Å². The highest BCUT2D eigenvalue weighted by Crippen LogP contribution is 2.26. The van der Waals surface area contributed by atoms with E-state index in [1.165, 1.54) is 5.56 Å². The first kappa shape index (κ1) is 9.99. The fourth-order valence-electron chi connectivity index (χ4n) is 1.47. The third-order valence-electron chi connectivity index (χ3n) is 2.51. The molecular weight excluding hydrogens is 242 g/mol. The van der Waals surface area contributed by atoms with Gasteiger partial charge in [0.2, 0.25) is 0 Å². The zero-order valence-electron chi connectivity index (χ0n) is 8.43. The molecule has 0 aromatic heterocycles. The van der Waals surface area contributed by atoms with Gasteiger partial charge in [-0.15, -0.1) is 0 Å². The van der Waals surface area contributed by atoms with Crippen molar-refractivity contribution in [2.75, 3.05) is 13.1 Å². The fourth-order valence-corrected chi connectivity index (χ4v) is 1.83. The van der Waals surface area contributed by atoms with E-state index >= 15 is 0 Å². The maximum Gasteiger partial charge on any atom is 0.131 e. The zero-order valence-corrected chi connectivity index (χ0v) is 10.0. The number of hydrogen-bond donors (Lipinski definition) is 1. The van der Waals surface area contributed by atoms with Gasteiger partial charge in [0.1, 0.15) is 11.4 Å². The Labute approximate surface area is 92.8 Å². The maximum atomic E-state index is 5.88. The first-order chi connectivity index (χ1) is 6.59. The second-order valence-electron chi connectivity index (χ2n) is 4.07. The van der Waals surface area contributed by atoms with E-state index in [9.17, 15) is 0 Å². The number of rotatable bonds is 2. The summed E-state index contributed by atoms with van der Waals surface area (Å²) in [6.45, 7) is 6.05. The van der Waals surface area contributed by atoms with Crippen LogP contribution in [-0.4, -0.2) is 18.7 Å². The van der Waals surface area contributed by atoms with Crippen molar-refractivity contribution in [1.29, 1.82) is 0 Å². The monoisotopic (exact) mass is 255 g/mol. The van der Waals surface area contributed by atoms with Crippen LogP contribution in [0.25, 0.3) is 0 Å². The van der Waals surface area contributed by atoms with Crippen LogP contribution in [0.15, 0.2) is 22.7 Å². The molecule has 1 aromatic rings. The first-order valence-electron chi connectivity index (χ1n) is 4.75. The summed E-state index contributed by atoms with van der Waals surface area (Å²) >= 11 is 3.50. The van der Waals surface area contributed by atoms with Gasteiger partial charge in [-0.1, -0.05) is 22.0 Å². The topological polar surface area (TPSA) is 21.3 Å². The molecule has 1 fully saturated rings. The Morgan fingerprint density at radius 1 is 1.43 bits per heavy atom. The lowest BCUT2D eigenvalue weighted by Crippen LogP contribution is -2.61. The van der Waals surface area contributed by atoms with Crippen LogP contribution in [0.5, 0.6) is 5.75 Å². The summed E-state index contributed by atoms with van der Waals surface area (Å²) in [4.78, 5) is 0. The first-order valence-corrected chi connectivity index (χ1v) is 5.54. The van der Waals surface area contributed by atoms with Gasteiger partial charge in [0.25, 0.3) is 0 Å². The van der Waals surface area contributed by atoms with Gasteiger partial charge in [0.15, 0.2) is 0 Å². The predicted molar refractivity (Wildman–Crippen MR) is 60.8 cm³/mol. The second-order valence-corrected chi connectivity index (χ2v) is 4.92. The molecule has 1 aliphatic heterocycles. The fraction of sp³-hybridized carbons (Fsp3) is 0.455. The van der Waals surface area contributed by atoms with Crippen LogP contribution in [0.2, 0.25) is 0 Å². The smallest absolute Gasteiger partial charge is 0.131 e. The molecule has 0 spiro atoms. The molecule has 0 saturated carbocycles. The Kier molecular flexibility index (Phi) is 2.54. The third-order valence-corrected chi connectivity index (χ3v) is 3.36. The number of hydrogen-bond acceptors (Lipinski definition) is 2. The van der Waals surface area contributed by atoms with Crippen molar-refractivity contribution in [3.05, 3.63) is 28.2 Å². The van der Waals surface area contributed by atoms with Gasteiger partial charge >= 0.3 is 0 Å². The lowest BCUT2D eigenvalue weighted by molar-refractivity contribution is 0.0348. The highest BCUT2D eigenvalue weighted by Gasteiger charge is 2.33. The van der Waals surface area contributed by atoms with Crippen LogP contribution in [0.1, 0.15) is 12.5 Å². The SMILES string of the molecule is Cc1ccc(OC2(C)CNC2)cc1Br. The van der Waals surface area contributed by atoms with Crippen molar-refractivity contribution in [2.45, 2.75) is 19.4 Å². The van der Waals surface area contributed by atoms with Crippen molar-refractivity contribution in [1.82, 2.24) is 5.32 Å². The molecule has 1 heterocycles. The molecule has 2 rings (SSSR count). The summed E-state index contributed by atoms with van der Waals surface area (Å²) in [6.07, 6.45) is 0. The molecule has 0 radical (unpaired) electrons. The average Bonchev–Trinajstić information content (AvgIpc) is 2.09. The minimum atomic E-state index is -0.0191. The summed E-state index contributed by atoms with van der Waals surface area (Å²) in [5.41, 5.74) is 1.21. The van der Waals surface area contributed by atoms with Crippen LogP contribution in [0, 0.1) is 6.92 Å². The molecule has 1 aromatic carbocycles. The van der Waals surface area contributed by atoms with Gasteiger partial charge in [-0.25, -0.2) is 0 Å². The van der Waals surface area contributed by atoms with E-state index in [-0.39, 0.29) is 5.60 Å². The van der Waals surface area contributed by atoms with E-state index in [1.807, 2.05) is 12.1 Å². The van der Waals surface area contributed by atoms with Gasteiger partial charge in [-0.05, 0) is 31.5 Å². The molecule has 0 atom stereocenters. The molecule has 0 unspecified atom stereocenters. The van der Waals surface area contributed by atoms with Gasteiger partial charge < -0.3 is 10.1 Å². The number of ether oxygens (including phenoxy) is 1. The molecule has 1 aliphatic rings. The van der Waals surface area contributed by atoms with E-state index in [0.29, 0.717) is 0 Å². The van der Waals surface area contributed by atoms with Crippen LogP contribution >= 0.6 is 15.9 Å². The van der Waals surface area contributed by atoms with Gasteiger partial charge in [-0.3, -0.25) is 0 Å². The Morgan fingerprint density at radius 2 is 2.14 bits per heavy atom. The molecule has 2 nitrogen and oxygen atoms in total. The Morgan fingerprint density at radius 3 is 2.64 bits per heavy atom. The molecule has 1 N–H and O–H groups in total. The minimum Gasteiger partial charge on any atom is -0.485 e. The third kappa shape index (κ3) is 1.93. The summed E-state index contributed by atoms with van der Waals surface area (Å²) in [6, 6.07) is 6.11. The van der Waals surface area contributed by atoms with E-state index in [2.05, 4.69) is 41.2 Å². The summed E-state index contributed by atoms with van der Waals surface area (Å²) in [5.74, 6) is 0.937. The van der Waals surface area contributed by atoms with Gasteiger partial charge in [0.05, 0.1) is 0 Å². The standard InChI is InChI=1S/C11H14BrNO/c1-8-3-4-9(5-10(8)12)14-11(2)6-13-7-11/h3-5,13H,6-7H2,1-2H3. The number of aryl methyl sites for hydroxylation is 1. The van der Waals surface area contributed by atoms with Crippen molar-refractivity contribution < 1.29 is 4.74 Å². The van der Waals surface area contributed by atoms with E-state index in [4.69, 9.17) is 4.74 Å². The van der Waals surface area contributed by atoms with Gasteiger partial charge in [-0.2, -0.15) is 0 Å². The lowest BCUT2D eigenvalue weighted by Gasteiger charge is -2.39. The summed E-state index contributed by atoms with van der Waals surface area (Å²) in [7, 11) is 0. The van der Waals surface area contributed by atoms with E-state index in [0.717, 1.165) is 23.3 Å². The Hall–Kier alpha value is -0.540. The lowest BCUT2D eigenvalue weighted by atomic mass is 10.00. The number of nitrogens with one attached hydrogen (secondary N) is 1. The molecule has 0 aliphatic carbocycles. The molecule has 0 amide bonds. The van der Waals surface area contributed by atoms with Crippen LogP contribution in [-0.2, 0) is 0 Å². The van der Waals surface area contributed by atoms with Crippen LogP contribution in [0.3, 0.4) is 0 Å². The molecule has 1 saturated heterocycles. The molecular formula is C11H14BrNO. The second kappa shape index (κ2) is 3.55. The van der Waals surface area contributed by atoms with Crippen LogP contribution < -0.4 is 10.1 Å². The molecule has 0 bridgehead atoms. The summed E-state index contributed by atoms with van der Waals surface area (Å²) in [5, 5.41) is 3.21. The van der Waals surface area contributed by atoms with Crippen molar-refractivity contribution in [2.24, 2.45) is 0 Å². The summed E-state index contributed by atoms with van der Waals surface area (Å²) < 4.78 is 6.98. The normalized spacial score (nSPS) is 18.8. The van der Waals surface area contributed by atoms with Crippen molar-refractivity contribution >= 4 is 15.9 Å². The number of halogens is 1. The molecule has 14 heavy (non-hydrogen) atoms. The Bertz CT molecular complexity index is 347. The van der Waals surface area contributed by atoms with Crippen LogP contribution in [0.4, 0.5) is 0 Å². The largest absolute Gasteiger partial charge is 0.485 e. The minimum absolute atomic E-state index is 0.0191. The maximum absolute atomic E-state index is 5.88. The zero-order chi connectivity index (χ0) is 10.2. The van der Waals surface area contributed by atoms with Crippen molar-refractivity contribution in [3.8, 4) is 5.75 Å².